The van der Waals surface area contributed by atoms with Crippen molar-refractivity contribution in [1.29, 1.82) is 0 Å². The van der Waals surface area contributed by atoms with Gasteiger partial charge in [-0.1, -0.05) is 6.92 Å². The van der Waals surface area contributed by atoms with E-state index < -0.39 is 0 Å². The highest BCUT2D eigenvalue weighted by atomic mass is 35.5. The summed E-state index contributed by atoms with van der Waals surface area (Å²) in [5.41, 5.74) is 0. The molecule has 0 spiro atoms. The number of rotatable bonds is 6. The number of nitrogens with one attached hydrogen (secondary N) is 1. The molecule has 1 heterocycles. The van der Waals surface area contributed by atoms with E-state index in [9.17, 15) is 0 Å². The summed E-state index contributed by atoms with van der Waals surface area (Å²) in [4.78, 5) is 2.44. The third-order valence-corrected chi connectivity index (χ3v) is 4.03. The number of hydrogen-bond acceptors (Lipinski definition) is 3. The summed E-state index contributed by atoms with van der Waals surface area (Å²) in [7, 11) is 0. The van der Waals surface area contributed by atoms with E-state index in [4.69, 9.17) is 16.3 Å². The Kier molecular flexibility index (Phi) is 4.89. The number of likely N-dealkylation sites (N-methyl/N-ethyl adjacent to an activating group) is 1. The van der Waals surface area contributed by atoms with Gasteiger partial charge in [0.1, 0.15) is 0 Å². The molecule has 0 amide bonds. The van der Waals surface area contributed by atoms with E-state index in [1.54, 1.807) is 0 Å². The topological polar surface area (TPSA) is 24.5 Å². The third kappa shape index (κ3) is 3.88. The monoisotopic (exact) mass is 246 g/mol. The molecule has 1 saturated heterocycles. The second-order valence-corrected chi connectivity index (χ2v) is 5.46. The van der Waals surface area contributed by atoms with Gasteiger partial charge in [-0.25, -0.2) is 0 Å². The summed E-state index contributed by atoms with van der Waals surface area (Å²) in [6.07, 6.45) is 2.98. The number of halogens is 1. The molecule has 2 unspecified atom stereocenters. The molecular weight excluding hydrogens is 224 g/mol. The van der Waals surface area contributed by atoms with E-state index in [1.165, 1.54) is 12.8 Å². The fourth-order valence-electron chi connectivity index (χ4n) is 2.20. The second-order valence-electron chi connectivity index (χ2n) is 4.90. The van der Waals surface area contributed by atoms with Crippen molar-refractivity contribution in [2.45, 2.75) is 31.2 Å². The minimum Gasteiger partial charge on any atom is -0.374 e. The molecule has 2 atom stereocenters. The molecular formula is C12H23ClN2O. The highest BCUT2D eigenvalue weighted by Gasteiger charge is 2.29. The third-order valence-electron chi connectivity index (χ3n) is 3.51. The lowest BCUT2D eigenvalue weighted by molar-refractivity contribution is -0.0251. The Morgan fingerprint density at radius 1 is 1.50 bits per heavy atom. The summed E-state index contributed by atoms with van der Waals surface area (Å²) in [5, 5.41) is 3.76. The first kappa shape index (κ1) is 12.6. The van der Waals surface area contributed by atoms with E-state index in [2.05, 4.69) is 17.1 Å². The molecule has 0 aromatic heterocycles. The van der Waals surface area contributed by atoms with Crippen LogP contribution >= 0.6 is 11.6 Å². The van der Waals surface area contributed by atoms with Crippen LogP contribution in [0.4, 0.5) is 0 Å². The Hall–Kier alpha value is 0.170. The second kappa shape index (κ2) is 6.20. The van der Waals surface area contributed by atoms with Gasteiger partial charge in [-0.15, -0.1) is 11.6 Å². The van der Waals surface area contributed by atoms with Crippen LogP contribution in [0, 0.1) is 5.92 Å². The quantitative estimate of drug-likeness (QED) is 0.716. The van der Waals surface area contributed by atoms with Crippen molar-refractivity contribution in [2.24, 2.45) is 5.92 Å². The molecule has 2 fully saturated rings. The van der Waals surface area contributed by atoms with E-state index >= 15 is 0 Å². The van der Waals surface area contributed by atoms with E-state index in [0.717, 1.165) is 45.2 Å². The van der Waals surface area contributed by atoms with Gasteiger partial charge in [0.15, 0.2) is 0 Å². The zero-order valence-electron chi connectivity index (χ0n) is 10.1. The minimum absolute atomic E-state index is 0.325. The van der Waals surface area contributed by atoms with Gasteiger partial charge in [-0.3, -0.25) is 4.90 Å². The zero-order chi connectivity index (χ0) is 11.4. The molecule has 2 rings (SSSR count). The fourth-order valence-corrected chi connectivity index (χ4v) is 2.56. The molecule has 1 N–H and O–H groups in total. The Labute approximate surface area is 103 Å². The maximum atomic E-state index is 6.24. The van der Waals surface area contributed by atoms with Crippen LogP contribution in [0.25, 0.3) is 0 Å². The van der Waals surface area contributed by atoms with Crippen LogP contribution in [-0.4, -0.2) is 55.7 Å². The molecule has 1 aliphatic heterocycles. The number of hydrogen-bond donors (Lipinski definition) is 1. The normalized spacial score (nSPS) is 29.2. The van der Waals surface area contributed by atoms with Crippen molar-refractivity contribution < 1.29 is 4.74 Å². The number of nitrogens with zero attached hydrogens (tertiary/aromatic N) is 1. The Morgan fingerprint density at radius 2 is 2.31 bits per heavy atom. The molecule has 1 saturated carbocycles. The van der Waals surface area contributed by atoms with Crippen molar-refractivity contribution in [1.82, 2.24) is 10.2 Å². The first-order valence-corrected chi connectivity index (χ1v) is 6.92. The van der Waals surface area contributed by atoms with E-state index in [-0.39, 0.29) is 0 Å². The average molecular weight is 247 g/mol. The molecule has 1 aliphatic carbocycles. The first-order valence-electron chi connectivity index (χ1n) is 6.48. The van der Waals surface area contributed by atoms with Gasteiger partial charge >= 0.3 is 0 Å². The average Bonchev–Trinajstić information content (AvgIpc) is 3.13. The highest BCUT2D eigenvalue weighted by molar-refractivity contribution is 6.21. The van der Waals surface area contributed by atoms with Crippen LogP contribution in [0.15, 0.2) is 0 Å². The summed E-state index contributed by atoms with van der Waals surface area (Å²) >= 11 is 6.24. The lowest BCUT2D eigenvalue weighted by atomic mass is 10.2. The van der Waals surface area contributed by atoms with Gasteiger partial charge in [0.2, 0.25) is 0 Å². The van der Waals surface area contributed by atoms with Gasteiger partial charge < -0.3 is 10.1 Å². The van der Waals surface area contributed by atoms with Gasteiger partial charge in [0.05, 0.1) is 12.7 Å². The van der Waals surface area contributed by atoms with Gasteiger partial charge in [-0.2, -0.15) is 0 Å². The van der Waals surface area contributed by atoms with E-state index in [0.29, 0.717) is 11.5 Å². The molecule has 0 aromatic carbocycles. The van der Waals surface area contributed by atoms with Crippen molar-refractivity contribution in [3.05, 3.63) is 0 Å². The van der Waals surface area contributed by atoms with Gasteiger partial charge in [0, 0.05) is 31.6 Å². The molecule has 3 nitrogen and oxygen atoms in total. The van der Waals surface area contributed by atoms with Crippen molar-refractivity contribution in [3.63, 3.8) is 0 Å². The van der Waals surface area contributed by atoms with Crippen LogP contribution in [0.5, 0.6) is 0 Å². The molecule has 94 valence electrons. The molecule has 0 bridgehead atoms. The molecule has 4 heteroatoms. The molecule has 0 radical (unpaired) electrons. The van der Waals surface area contributed by atoms with Crippen LogP contribution in [0.2, 0.25) is 0 Å². The van der Waals surface area contributed by atoms with E-state index in [1.807, 2.05) is 0 Å². The largest absolute Gasteiger partial charge is 0.374 e. The molecule has 0 aromatic rings. The number of ether oxygens (including phenoxy) is 1. The minimum atomic E-state index is 0.325. The van der Waals surface area contributed by atoms with Crippen molar-refractivity contribution in [2.75, 3.05) is 39.3 Å². The highest BCUT2D eigenvalue weighted by Crippen LogP contribution is 2.35. The number of morpholine rings is 1. The standard InChI is InChI=1S/C12H23ClN2O/c1-2-15-5-6-16-11(9-15)7-14-8-12(13)10-3-4-10/h10-12,14H,2-9H2,1H3. The zero-order valence-corrected chi connectivity index (χ0v) is 10.9. The van der Waals surface area contributed by atoms with Crippen LogP contribution in [-0.2, 0) is 4.74 Å². The number of alkyl halides is 1. The summed E-state index contributed by atoms with van der Waals surface area (Å²) in [5.74, 6) is 0.772. The summed E-state index contributed by atoms with van der Waals surface area (Å²) in [6.45, 7) is 8.20. The van der Waals surface area contributed by atoms with Gasteiger partial charge in [0.25, 0.3) is 0 Å². The maximum absolute atomic E-state index is 6.24. The van der Waals surface area contributed by atoms with Crippen LogP contribution in [0.1, 0.15) is 19.8 Å². The maximum Gasteiger partial charge on any atom is 0.0826 e. The Morgan fingerprint density at radius 3 is 3.00 bits per heavy atom. The summed E-state index contributed by atoms with van der Waals surface area (Å²) in [6, 6.07) is 0. The fraction of sp³-hybridized carbons (Fsp3) is 1.00. The van der Waals surface area contributed by atoms with Crippen LogP contribution in [0.3, 0.4) is 0 Å². The van der Waals surface area contributed by atoms with Crippen LogP contribution < -0.4 is 5.32 Å². The Bertz CT molecular complexity index is 211. The SMILES string of the molecule is CCN1CCOC(CNCC(Cl)C2CC2)C1. The Balaban J connectivity index is 1.57. The predicted molar refractivity (Wildman–Crippen MR) is 67.1 cm³/mol. The van der Waals surface area contributed by atoms with Gasteiger partial charge in [-0.05, 0) is 25.3 Å². The lowest BCUT2D eigenvalue weighted by Gasteiger charge is -2.32. The van der Waals surface area contributed by atoms with Crippen molar-refractivity contribution >= 4 is 11.6 Å². The summed E-state index contributed by atoms with van der Waals surface area (Å²) < 4.78 is 5.72. The molecule has 16 heavy (non-hydrogen) atoms. The first-order chi connectivity index (χ1) is 7.79. The smallest absolute Gasteiger partial charge is 0.0826 e. The lowest BCUT2D eigenvalue weighted by Crippen LogP contribution is -2.47. The van der Waals surface area contributed by atoms with Crippen molar-refractivity contribution in [3.8, 4) is 0 Å². The predicted octanol–water partition coefficient (Wildman–Crippen LogP) is 1.31. The molecule has 2 aliphatic rings.